The Balaban J connectivity index is 2.58. The number of nitrogens with one attached hydrogen (secondary N) is 1. The van der Waals surface area contributed by atoms with Crippen LogP contribution in [0.3, 0.4) is 0 Å². The molecule has 0 fully saturated rings. The summed E-state index contributed by atoms with van der Waals surface area (Å²) in [5, 5.41) is 16.0. The molecule has 1 rings (SSSR count). The van der Waals surface area contributed by atoms with E-state index < -0.39 is 23.6 Å². The van der Waals surface area contributed by atoms with Gasteiger partial charge in [-0.3, -0.25) is 10.2 Å². The summed E-state index contributed by atoms with van der Waals surface area (Å²) in [6, 6.07) is 9.09. The minimum atomic E-state index is -1.39. The fourth-order valence-electron chi connectivity index (χ4n) is 1.47. The van der Waals surface area contributed by atoms with Crippen LogP contribution in [0.2, 0.25) is 0 Å². The maximum Gasteiger partial charge on any atom is 0.350 e. The number of aliphatic carboxylic acids is 1. The summed E-state index contributed by atoms with van der Waals surface area (Å²) >= 11 is 0. The highest BCUT2D eigenvalue weighted by Gasteiger charge is 2.27. The van der Waals surface area contributed by atoms with Gasteiger partial charge in [-0.1, -0.05) is 37.3 Å². The Labute approximate surface area is 105 Å². The van der Waals surface area contributed by atoms with E-state index in [-0.39, 0.29) is 13.0 Å². The lowest BCUT2D eigenvalue weighted by Gasteiger charge is -2.12. The van der Waals surface area contributed by atoms with Gasteiger partial charge in [0.25, 0.3) is 0 Å². The average molecular weight is 249 g/mol. The first-order valence-electron chi connectivity index (χ1n) is 5.58. The highest BCUT2D eigenvalue weighted by atomic mass is 16.5. The molecule has 0 heterocycles. The van der Waals surface area contributed by atoms with Gasteiger partial charge < -0.3 is 9.84 Å². The molecule has 0 saturated carbocycles. The van der Waals surface area contributed by atoms with Gasteiger partial charge in [0.05, 0.1) is 0 Å². The molecule has 0 spiro atoms. The fourth-order valence-corrected chi connectivity index (χ4v) is 1.47. The van der Waals surface area contributed by atoms with Gasteiger partial charge in [-0.15, -0.1) is 0 Å². The summed E-state index contributed by atoms with van der Waals surface area (Å²) in [7, 11) is 0. The number of carboxylic acid groups (broad SMARTS) is 1. The summed E-state index contributed by atoms with van der Waals surface area (Å²) in [6.45, 7) is 1.73. The summed E-state index contributed by atoms with van der Waals surface area (Å²) < 4.78 is 5.01. The number of benzene rings is 1. The van der Waals surface area contributed by atoms with E-state index in [2.05, 4.69) is 0 Å². The number of ether oxygens (including phenoxy) is 1. The maximum atomic E-state index is 11.7. The van der Waals surface area contributed by atoms with Crippen molar-refractivity contribution >= 4 is 17.7 Å². The Morgan fingerprint density at radius 1 is 1.33 bits per heavy atom. The van der Waals surface area contributed by atoms with Crippen molar-refractivity contribution in [3.05, 3.63) is 35.9 Å². The van der Waals surface area contributed by atoms with E-state index in [4.69, 9.17) is 15.3 Å². The van der Waals surface area contributed by atoms with Gasteiger partial charge in [0.2, 0.25) is 0 Å². The second-order valence-electron chi connectivity index (χ2n) is 3.77. The summed E-state index contributed by atoms with van der Waals surface area (Å²) in [5.41, 5.74) is 0.193. The van der Waals surface area contributed by atoms with Crippen molar-refractivity contribution in [3.8, 4) is 0 Å². The summed E-state index contributed by atoms with van der Waals surface area (Å²) in [4.78, 5) is 22.3. The Bertz CT molecular complexity index is 442. The van der Waals surface area contributed by atoms with Crippen LogP contribution >= 0.6 is 0 Å². The van der Waals surface area contributed by atoms with Gasteiger partial charge in [0.15, 0.2) is 0 Å². The Hall–Kier alpha value is -2.17. The second kappa shape index (κ2) is 6.54. The Kier molecular flexibility index (Phi) is 5.05. The summed E-state index contributed by atoms with van der Waals surface area (Å²) in [6.07, 6.45) is 0.235. The monoisotopic (exact) mass is 249 g/mol. The molecule has 0 bridgehead atoms. The molecule has 0 amide bonds. The molecule has 0 aliphatic rings. The molecular weight excluding hydrogens is 234 g/mol. The van der Waals surface area contributed by atoms with E-state index in [0.29, 0.717) is 0 Å². The Morgan fingerprint density at radius 3 is 2.44 bits per heavy atom. The zero-order chi connectivity index (χ0) is 13.5. The van der Waals surface area contributed by atoms with Crippen molar-refractivity contribution in [1.82, 2.24) is 0 Å². The van der Waals surface area contributed by atoms with E-state index >= 15 is 0 Å². The SMILES string of the molecule is CC[C@@H](C(=N)C(=O)O)C(=O)OCc1ccccc1. The lowest BCUT2D eigenvalue weighted by molar-refractivity contribution is -0.148. The van der Waals surface area contributed by atoms with Crippen LogP contribution in [0.25, 0.3) is 0 Å². The standard InChI is InChI=1S/C13H15NO4/c1-2-10(11(14)12(15)16)13(17)18-8-9-6-4-3-5-7-9/h3-7,10,14H,2,8H2,1H3,(H,15,16)/t10-/m0/s1. The van der Waals surface area contributed by atoms with Crippen molar-refractivity contribution in [2.75, 3.05) is 0 Å². The van der Waals surface area contributed by atoms with Crippen molar-refractivity contribution in [2.24, 2.45) is 5.92 Å². The lowest BCUT2D eigenvalue weighted by atomic mass is 10.0. The van der Waals surface area contributed by atoms with Crippen molar-refractivity contribution in [2.45, 2.75) is 20.0 Å². The molecule has 0 aromatic heterocycles. The zero-order valence-electron chi connectivity index (χ0n) is 10.1. The number of carbonyl (C=O) groups is 2. The molecule has 96 valence electrons. The van der Waals surface area contributed by atoms with Crippen molar-refractivity contribution in [1.29, 1.82) is 5.41 Å². The van der Waals surface area contributed by atoms with Crippen LogP contribution in [0.15, 0.2) is 30.3 Å². The highest BCUT2D eigenvalue weighted by Crippen LogP contribution is 2.10. The van der Waals surface area contributed by atoms with E-state index in [9.17, 15) is 9.59 Å². The number of hydrogen-bond donors (Lipinski definition) is 2. The van der Waals surface area contributed by atoms with Crippen LogP contribution in [-0.2, 0) is 20.9 Å². The van der Waals surface area contributed by atoms with Crippen LogP contribution in [0.1, 0.15) is 18.9 Å². The quantitative estimate of drug-likeness (QED) is 0.595. The molecule has 1 aromatic rings. The van der Waals surface area contributed by atoms with Crippen LogP contribution in [0, 0.1) is 11.3 Å². The van der Waals surface area contributed by atoms with Crippen LogP contribution in [0.5, 0.6) is 0 Å². The molecule has 0 unspecified atom stereocenters. The average Bonchev–Trinajstić information content (AvgIpc) is 2.38. The maximum absolute atomic E-state index is 11.7. The first-order chi connectivity index (χ1) is 8.56. The van der Waals surface area contributed by atoms with E-state index in [1.807, 2.05) is 18.2 Å². The third-order valence-corrected chi connectivity index (χ3v) is 2.50. The van der Waals surface area contributed by atoms with Gasteiger partial charge in [-0.2, -0.15) is 0 Å². The number of rotatable bonds is 6. The van der Waals surface area contributed by atoms with Gasteiger partial charge in [-0.05, 0) is 12.0 Å². The molecule has 0 aliphatic carbocycles. The van der Waals surface area contributed by atoms with Crippen LogP contribution < -0.4 is 0 Å². The molecule has 1 aromatic carbocycles. The Morgan fingerprint density at radius 2 is 1.94 bits per heavy atom. The normalized spacial score (nSPS) is 11.6. The summed E-state index contributed by atoms with van der Waals surface area (Å²) in [5.74, 6) is -3.07. The molecule has 0 aliphatic heterocycles. The molecular formula is C13H15NO4. The number of carbonyl (C=O) groups excluding carboxylic acids is 1. The van der Waals surface area contributed by atoms with E-state index in [0.717, 1.165) is 5.56 Å². The number of hydrogen-bond acceptors (Lipinski definition) is 4. The fraction of sp³-hybridized carbons (Fsp3) is 0.308. The van der Waals surface area contributed by atoms with E-state index in [1.54, 1.807) is 19.1 Å². The first kappa shape index (κ1) is 13.9. The van der Waals surface area contributed by atoms with Gasteiger partial charge in [0.1, 0.15) is 18.2 Å². The smallest absolute Gasteiger partial charge is 0.350 e. The molecule has 18 heavy (non-hydrogen) atoms. The third-order valence-electron chi connectivity index (χ3n) is 2.50. The van der Waals surface area contributed by atoms with Gasteiger partial charge in [0, 0.05) is 0 Å². The molecule has 5 nitrogen and oxygen atoms in total. The molecule has 5 heteroatoms. The number of carboxylic acids is 1. The first-order valence-corrected chi connectivity index (χ1v) is 5.58. The predicted molar refractivity (Wildman–Crippen MR) is 65.4 cm³/mol. The predicted octanol–water partition coefficient (Wildman–Crippen LogP) is 1.86. The van der Waals surface area contributed by atoms with Gasteiger partial charge in [-0.25, -0.2) is 4.79 Å². The second-order valence-corrected chi connectivity index (χ2v) is 3.77. The zero-order valence-corrected chi connectivity index (χ0v) is 10.1. The molecule has 0 radical (unpaired) electrons. The van der Waals surface area contributed by atoms with Crippen LogP contribution in [-0.4, -0.2) is 22.8 Å². The minimum Gasteiger partial charge on any atom is -0.477 e. The van der Waals surface area contributed by atoms with Gasteiger partial charge >= 0.3 is 11.9 Å². The lowest BCUT2D eigenvalue weighted by Crippen LogP contribution is -2.30. The molecule has 2 N–H and O–H groups in total. The van der Waals surface area contributed by atoms with E-state index in [1.165, 1.54) is 0 Å². The third kappa shape index (κ3) is 3.69. The number of esters is 1. The highest BCUT2D eigenvalue weighted by molar-refractivity contribution is 6.38. The molecule has 0 saturated heterocycles. The largest absolute Gasteiger partial charge is 0.477 e. The minimum absolute atomic E-state index is 0.0864. The topological polar surface area (TPSA) is 87.5 Å². The van der Waals surface area contributed by atoms with Crippen molar-refractivity contribution < 1.29 is 19.4 Å². The van der Waals surface area contributed by atoms with Crippen LogP contribution in [0.4, 0.5) is 0 Å². The molecule has 1 atom stereocenters. The van der Waals surface area contributed by atoms with Crippen molar-refractivity contribution in [3.63, 3.8) is 0 Å².